The van der Waals surface area contributed by atoms with Gasteiger partial charge in [0.1, 0.15) is 12.1 Å². The number of hydrogen-bond acceptors (Lipinski definition) is 7. The first-order chi connectivity index (χ1) is 12.2. The summed E-state index contributed by atoms with van der Waals surface area (Å²) in [5.74, 6) is 4.29. The molecule has 6 nitrogen and oxygen atoms in total. The molecule has 0 aromatic carbocycles. The molecule has 7 heteroatoms. The van der Waals surface area contributed by atoms with Gasteiger partial charge in [0, 0.05) is 50.1 Å². The number of rotatable bonds is 3. The zero-order chi connectivity index (χ0) is 17.2. The molecule has 0 atom stereocenters. The molecule has 1 fully saturated rings. The average molecular weight is 356 g/mol. The van der Waals surface area contributed by atoms with Crippen LogP contribution in [0.25, 0.3) is 0 Å². The average Bonchev–Trinajstić information content (AvgIpc) is 2.67. The number of hydrogen-bond donors (Lipinski definition) is 0. The van der Waals surface area contributed by atoms with E-state index in [0.29, 0.717) is 6.04 Å². The first kappa shape index (κ1) is 16.6. The van der Waals surface area contributed by atoms with Crippen LogP contribution in [0.1, 0.15) is 29.8 Å². The number of piperidine rings is 1. The molecule has 4 heterocycles. The number of thioether (sulfide) groups is 1. The maximum Gasteiger partial charge on any atom is 0.151 e. The first-order valence-corrected chi connectivity index (χ1v) is 10.1. The molecule has 2 aromatic heterocycles. The van der Waals surface area contributed by atoms with Gasteiger partial charge in [-0.05, 0) is 37.1 Å². The van der Waals surface area contributed by atoms with E-state index in [1.807, 2.05) is 18.7 Å². The second-order valence-corrected chi connectivity index (χ2v) is 7.93. The van der Waals surface area contributed by atoms with E-state index in [9.17, 15) is 0 Å². The number of fused-ring (bicyclic) bond motifs is 1. The van der Waals surface area contributed by atoms with Crippen LogP contribution in [-0.4, -0.2) is 52.1 Å². The lowest BCUT2D eigenvalue weighted by atomic mass is 10.0. The molecule has 0 aliphatic carbocycles. The molecule has 0 bridgehead atoms. The Bertz CT molecular complexity index is 744. The molecule has 132 valence electrons. The van der Waals surface area contributed by atoms with Gasteiger partial charge in [-0.1, -0.05) is 0 Å². The van der Waals surface area contributed by atoms with E-state index in [4.69, 9.17) is 0 Å². The smallest absolute Gasteiger partial charge is 0.151 e. The lowest BCUT2D eigenvalue weighted by molar-refractivity contribution is 0.476. The fourth-order valence-corrected chi connectivity index (χ4v) is 4.54. The molecule has 0 amide bonds. The molecule has 2 aliphatic rings. The summed E-state index contributed by atoms with van der Waals surface area (Å²) < 4.78 is 0. The van der Waals surface area contributed by atoms with Crippen LogP contribution in [0.3, 0.4) is 0 Å². The number of anilines is 2. The van der Waals surface area contributed by atoms with Crippen molar-refractivity contribution in [3.8, 4) is 0 Å². The quantitative estimate of drug-likeness (QED) is 0.837. The van der Waals surface area contributed by atoms with E-state index in [2.05, 4.69) is 49.1 Å². The Balaban J connectivity index is 1.41. The Labute approximate surface area is 153 Å². The molecule has 0 saturated carbocycles. The Morgan fingerprint density at radius 3 is 2.80 bits per heavy atom. The predicted molar refractivity (Wildman–Crippen MR) is 102 cm³/mol. The van der Waals surface area contributed by atoms with E-state index in [-0.39, 0.29) is 0 Å². The van der Waals surface area contributed by atoms with Gasteiger partial charge in [-0.2, -0.15) is 16.9 Å². The number of aryl methyl sites for hydroxylation is 2. The minimum absolute atomic E-state index is 0.506. The lowest BCUT2D eigenvalue weighted by Crippen LogP contribution is -2.44. The van der Waals surface area contributed by atoms with Crippen molar-refractivity contribution in [2.45, 2.75) is 38.0 Å². The van der Waals surface area contributed by atoms with Crippen LogP contribution in [-0.2, 0) is 12.2 Å². The number of nitrogens with zero attached hydrogens (tertiary/aromatic N) is 6. The van der Waals surface area contributed by atoms with E-state index < -0.39 is 0 Å². The second kappa shape index (κ2) is 7.15. The highest BCUT2D eigenvalue weighted by Crippen LogP contribution is 2.27. The maximum atomic E-state index is 4.49. The van der Waals surface area contributed by atoms with Crippen molar-refractivity contribution in [1.29, 1.82) is 0 Å². The van der Waals surface area contributed by atoms with Gasteiger partial charge in [-0.25, -0.2) is 9.97 Å². The van der Waals surface area contributed by atoms with E-state index in [1.54, 1.807) is 6.33 Å². The SMILES string of the molecule is Cc1cc(N(C)C2CCN(c3cc4c(nn3)CCSC4)CC2)ncn1. The van der Waals surface area contributed by atoms with Gasteiger partial charge in [0.2, 0.25) is 0 Å². The molecule has 0 unspecified atom stereocenters. The largest absolute Gasteiger partial charge is 0.356 e. The Hall–Kier alpha value is -1.89. The zero-order valence-electron chi connectivity index (χ0n) is 14.9. The van der Waals surface area contributed by atoms with Crippen molar-refractivity contribution >= 4 is 23.4 Å². The Morgan fingerprint density at radius 2 is 2.00 bits per heavy atom. The first-order valence-electron chi connectivity index (χ1n) is 8.90. The fraction of sp³-hybridized carbons (Fsp3) is 0.556. The predicted octanol–water partition coefficient (Wildman–Crippen LogP) is 2.47. The zero-order valence-corrected chi connectivity index (χ0v) is 15.7. The molecule has 0 radical (unpaired) electrons. The van der Waals surface area contributed by atoms with Crippen LogP contribution in [0.15, 0.2) is 18.5 Å². The van der Waals surface area contributed by atoms with Crippen molar-refractivity contribution in [1.82, 2.24) is 20.2 Å². The van der Waals surface area contributed by atoms with Gasteiger partial charge in [0.25, 0.3) is 0 Å². The maximum absolute atomic E-state index is 4.49. The van der Waals surface area contributed by atoms with Crippen molar-refractivity contribution < 1.29 is 0 Å². The topological polar surface area (TPSA) is 58.0 Å². The van der Waals surface area contributed by atoms with Gasteiger partial charge in [-0.15, -0.1) is 5.10 Å². The molecular formula is C18H24N6S. The minimum atomic E-state index is 0.506. The molecule has 0 spiro atoms. The highest BCUT2D eigenvalue weighted by Gasteiger charge is 2.25. The Kier molecular flexibility index (Phi) is 4.74. The summed E-state index contributed by atoms with van der Waals surface area (Å²) in [5.41, 5.74) is 3.57. The van der Waals surface area contributed by atoms with Crippen molar-refractivity contribution in [2.24, 2.45) is 0 Å². The van der Waals surface area contributed by atoms with E-state index >= 15 is 0 Å². The van der Waals surface area contributed by atoms with Crippen LogP contribution in [0.2, 0.25) is 0 Å². The third-order valence-corrected chi connectivity index (χ3v) is 6.18. The van der Waals surface area contributed by atoms with Crippen molar-refractivity contribution in [3.05, 3.63) is 35.4 Å². The number of aromatic nitrogens is 4. The fourth-order valence-electron chi connectivity index (χ4n) is 3.59. The van der Waals surface area contributed by atoms with Crippen molar-refractivity contribution in [3.63, 3.8) is 0 Å². The van der Waals surface area contributed by atoms with Crippen LogP contribution < -0.4 is 9.80 Å². The third kappa shape index (κ3) is 3.56. The molecule has 2 aromatic rings. The van der Waals surface area contributed by atoms with Crippen LogP contribution in [0.5, 0.6) is 0 Å². The second-order valence-electron chi connectivity index (χ2n) is 6.82. The molecular weight excluding hydrogens is 332 g/mol. The Morgan fingerprint density at radius 1 is 1.16 bits per heavy atom. The van der Waals surface area contributed by atoms with Gasteiger partial charge >= 0.3 is 0 Å². The normalized spacial score (nSPS) is 18.1. The summed E-state index contributed by atoms with van der Waals surface area (Å²) in [6.45, 7) is 4.04. The van der Waals surface area contributed by atoms with Gasteiger partial charge < -0.3 is 9.80 Å². The summed E-state index contributed by atoms with van der Waals surface area (Å²) in [4.78, 5) is 13.3. The standard InChI is InChI=1S/C18H24N6S/c1-13-9-17(20-12-19-13)23(2)15-3-6-24(7-4-15)18-10-14-11-25-8-5-16(14)21-22-18/h9-10,12,15H,3-8,11H2,1-2H3. The van der Waals surface area contributed by atoms with Gasteiger partial charge in [0.05, 0.1) is 5.69 Å². The van der Waals surface area contributed by atoms with E-state index in [0.717, 1.165) is 55.4 Å². The lowest BCUT2D eigenvalue weighted by Gasteiger charge is -2.37. The summed E-state index contributed by atoms with van der Waals surface area (Å²) in [7, 11) is 2.14. The van der Waals surface area contributed by atoms with E-state index in [1.165, 1.54) is 17.0 Å². The third-order valence-electron chi connectivity index (χ3n) is 5.17. The van der Waals surface area contributed by atoms with Crippen molar-refractivity contribution in [2.75, 3.05) is 35.7 Å². The summed E-state index contributed by atoms with van der Waals surface area (Å²) in [6.07, 6.45) is 4.91. The monoisotopic (exact) mass is 356 g/mol. The molecule has 4 rings (SSSR count). The summed E-state index contributed by atoms with van der Waals surface area (Å²) in [6, 6.07) is 4.82. The summed E-state index contributed by atoms with van der Waals surface area (Å²) in [5, 5.41) is 8.96. The summed E-state index contributed by atoms with van der Waals surface area (Å²) >= 11 is 1.99. The van der Waals surface area contributed by atoms with Crippen LogP contribution in [0.4, 0.5) is 11.6 Å². The minimum Gasteiger partial charge on any atom is -0.356 e. The van der Waals surface area contributed by atoms with Gasteiger partial charge in [-0.3, -0.25) is 0 Å². The molecule has 0 N–H and O–H groups in total. The molecule has 25 heavy (non-hydrogen) atoms. The van der Waals surface area contributed by atoms with Crippen LogP contribution >= 0.6 is 11.8 Å². The van der Waals surface area contributed by atoms with Gasteiger partial charge in [0.15, 0.2) is 5.82 Å². The van der Waals surface area contributed by atoms with Crippen LogP contribution in [0, 0.1) is 6.92 Å². The highest BCUT2D eigenvalue weighted by atomic mass is 32.2. The molecule has 2 aliphatic heterocycles. The highest BCUT2D eigenvalue weighted by molar-refractivity contribution is 7.98. The molecule has 1 saturated heterocycles.